The van der Waals surface area contributed by atoms with Crippen LogP contribution in [0.15, 0.2) is 42.6 Å². The van der Waals surface area contributed by atoms with E-state index >= 15 is 0 Å². The van der Waals surface area contributed by atoms with E-state index in [9.17, 15) is 4.79 Å². The maximum Gasteiger partial charge on any atom is 0.161 e. The van der Waals surface area contributed by atoms with Crippen LogP contribution in [0.4, 0.5) is 5.69 Å². The van der Waals surface area contributed by atoms with Crippen LogP contribution in [-0.4, -0.2) is 40.9 Å². The Kier molecular flexibility index (Phi) is 4.53. The number of carbonyl (C=O) groups excluding carboxylic acids is 1. The SMILES string of the molecule is CC(=O)c1cc(CN2CCN(c3ccccc3)CC2C)n(C)c1. The molecule has 2 aromatic rings. The summed E-state index contributed by atoms with van der Waals surface area (Å²) in [6, 6.07) is 13.1. The Bertz CT molecular complexity index is 677. The van der Waals surface area contributed by atoms with Crippen LogP contribution in [0.2, 0.25) is 0 Å². The van der Waals surface area contributed by atoms with E-state index in [1.54, 1.807) is 6.92 Å². The Labute approximate surface area is 138 Å². The molecule has 0 amide bonds. The normalized spacial score (nSPS) is 19.1. The predicted molar refractivity (Wildman–Crippen MR) is 93.9 cm³/mol. The number of nitrogens with zero attached hydrogens (tertiary/aromatic N) is 3. The molecule has 1 aliphatic heterocycles. The lowest BCUT2D eigenvalue weighted by Gasteiger charge is -2.41. The third-order valence-electron chi connectivity index (χ3n) is 4.77. The summed E-state index contributed by atoms with van der Waals surface area (Å²) in [5.41, 5.74) is 3.31. The minimum absolute atomic E-state index is 0.133. The summed E-state index contributed by atoms with van der Waals surface area (Å²) in [4.78, 5) is 16.5. The van der Waals surface area contributed by atoms with Crippen LogP contribution >= 0.6 is 0 Å². The number of para-hydroxylation sites is 1. The molecular formula is C19H25N3O. The molecule has 122 valence electrons. The molecule has 4 nitrogen and oxygen atoms in total. The van der Waals surface area contributed by atoms with E-state index in [-0.39, 0.29) is 5.78 Å². The summed E-state index contributed by atoms with van der Waals surface area (Å²) in [5.74, 6) is 0.133. The minimum Gasteiger partial charge on any atom is -0.369 e. The van der Waals surface area contributed by atoms with Crippen molar-refractivity contribution in [1.82, 2.24) is 9.47 Å². The second-order valence-electron chi connectivity index (χ2n) is 6.49. The zero-order chi connectivity index (χ0) is 16.4. The number of carbonyl (C=O) groups is 1. The van der Waals surface area contributed by atoms with Crippen molar-refractivity contribution in [2.75, 3.05) is 24.5 Å². The van der Waals surface area contributed by atoms with Crippen molar-refractivity contribution in [3.05, 3.63) is 53.9 Å². The first-order chi connectivity index (χ1) is 11.0. The van der Waals surface area contributed by atoms with Crippen LogP contribution in [0.5, 0.6) is 0 Å². The van der Waals surface area contributed by atoms with E-state index in [2.05, 4.69) is 51.6 Å². The number of aromatic nitrogens is 1. The van der Waals surface area contributed by atoms with Crippen molar-refractivity contribution in [3.8, 4) is 0 Å². The first-order valence-corrected chi connectivity index (χ1v) is 8.25. The molecule has 0 aliphatic carbocycles. The van der Waals surface area contributed by atoms with Gasteiger partial charge < -0.3 is 9.47 Å². The number of hydrogen-bond donors (Lipinski definition) is 0. The van der Waals surface area contributed by atoms with Crippen molar-refractivity contribution in [2.45, 2.75) is 26.4 Å². The van der Waals surface area contributed by atoms with E-state index in [1.807, 2.05) is 19.3 Å². The fourth-order valence-corrected chi connectivity index (χ4v) is 3.27. The van der Waals surface area contributed by atoms with E-state index in [0.29, 0.717) is 6.04 Å². The molecule has 0 spiro atoms. The molecule has 1 unspecified atom stereocenters. The quantitative estimate of drug-likeness (QED) is 0.813. The molecule has 0 bridgehead atoms. The molecule has 3 rings (SSSR count). The fraction of sp³-hybridized carbons (Fsp3) is 0.421. The zero-order valence-electron chi connectivity index (χ0n) is 14.2. The predicted octanol–water partition coefficient (Wildman–Crippen LogP) is 2.94. The minimum atomic E-state index is 0.133. The van der Waals surface area contributed by atoms with Crippen LogP contribution in [0, 0.1) is 0 Å². The van der Waals surface area contributed by atoms with Crippen LogP contribution in [0.1, 0.15) is 29.9 Å². The van der Waals surface area contributed by atoms with Crippen molar-refractivity contribution in [3.63, 3.8) is 0 Å². The van der Waals surface area contributed by atoms with Crippen molar-refractivity contribution in [1.29, 1.82) is 0 Å². The lowest BCUT2D eigenvalue weighted by atomic mass is 10.1. The second-order valence-corrected chi connectivity index (χ2v) is 6.49. The van der Waals surface area contributed by atoms with Crippen molar-refractivity contribution in [2.24, 2.45) is 7.05 Å². The molecule has 1 atom stereocenters. The Balaban J connectivity index is 1.66. The molecule has 4 heteroatoms. The number of anilines is 1. The largest absolute Gasteiger partial charge is 0.369 e. The summed E-state index contributed by atoms with van der Waals surface area (Å²) in [6.07, 6.45) is 1.93. The van der Waals surface area contributed by atoms with Gasteiger partial charge in [0.15, 0.2) is 5.78 Å². The van der Waals surface area contributed by atoms with E-state index < -0.39 is 0 Å². The smallest absolute Gasteiger partial charge is 0.161 e. The molecule has 1 fully saturated rings. The average molecular weight is 311 g/mol. The van der Waals surface area contributed by atoms with Gasteiger partial charge in [-0.3, -0.25) is 9.69 Å². The van der Waals surface area contributed by atoms with Gasteiger partial charge in [-0.1, -0.05) is 18.2 Å². The standard InChI is InChI=1S/C19H25N3O/c1-15-12-22(18-7-5-4-6-8-18)10-9-21(15)14-19-11-17(16(2)23)13-20(19)3/h4-8,11,13,15H,9-10,12,14H2,1-3H3. The first kappa shape index (κ1) is 15.8. The molecule has 0 radical (unpaired) electrons. The molecule has 23 heavy (non-hydrogen) atoms. The Morgan fingerprint density at radius 3 is 2.57 bits per heavy atom. The summed E-state index contributed by atoms with van der Waals surface area (Å²) in [7, 11) is 2.02. The van der Waals surface area contributed by atoms with Gasteiger partial charge in [0.05, 0.1) is 0 Å². The summed E-state index contributed by atoms with van der Waals surface area (Å²) in [6.45, 7) is 7.92. The van der Waals surface area contributed by atoms with E-state index in [0.717, 1.165) is 31.7 Å². The average Bonchev–Trinajstić information content (AvgIpc) is 2.91. The van der Waals surface area contributed by atoms with E-state index in [1.165, 1.54) is 11.4 Å². The summed E-state index contributed by atoms with van der Waals surface area (Å²) < 4.78 is 2.08. The van der Waals surface area contributed by atoms with Gasteiger partial charge in [0.1, 0.15) is 0 Å². The van der Waals surface area contributed by atoms with Crippen molar-refractivity contribution >= 4 is 11.5 Å². The number of aryl methyl sites for hydroxylation is 1. The van der Waals surface area contributed by atoms with Crippen LogP contribution < -0.4 is 4.90 Å². The number of hydrogen-bond acceptors (Lipinski definition) is 3. The molecular weight excluding hydrogens is 286 g/mol. The van der Waals surface area contributed by atoms with Gasteiger partial charge in [0.2, 0.25) is 0 Å². The van der Waals surface area contributed by atoms with Crippen LogP contribution in [0.3, 0.4) is 0 Å². The zero-order valence-corrected chi connectivity index (χ0v) is 14.2. The van der Waals surface area contributed by atoms with Gasteiger partial charge in [0.25, 0.3) is 0 Å². The number of benzene rings is 1. The Morgan fingerprint density at radius 1 is 1.22 bits per heavy atom. The highest BCUT2D eigenvalue weighted by Crippen LogP contribution is 2.20. The lowest BCUT2D eigenvalue weighted by molar-refractivity contribution is 0.101. The maximum atomic E-state index is 11.5. The number of Topliss-reactive ketones (excluding diaryl/α,β-unsaturated/α-hetero) is 1. The molecule has 2 heterocycles. The molecule has 1 saturated heterocycles. The van der Waals surface area contributed by atoms with Gasteiger partial charge in [-0.15, -0.1) is 0 Å². The second kappa shape index (κ2) is 6.59. The third kappa shape index (κ3) is 3.48. The monoisotopic (exact) mass is 311 g/mol. The highest BCUT2D eigenvalue weighted by Gasteiger charge is 2.24. The lowest BCUT2D eigenvalue weighted by Crippen LogP contribution is -2.51. The summed E-state index contributed by atoms with van der Waals surface area (Å²) in [5, 5.41) is 0. The molecule has 1 aromatic heterocycles. The van der Waals surface area contributed by atoms with Gasteiger partial charge in [-0.05, 0) is 32.0 Å². The maximum absolute atomic E-state index is 11.5. The van der Waals surface area contributed by atoms with E-state index in [4.69, 9.17) is 0 Å². The molecule has 0 saturated carbocycles. The number of ketones is 1. The topological polar surface area (TPSA) is 28.5 Å². The third-order valence-corrected chi connectivity index (χ3v) is 4.77. The molecule has 1 aliphatic rings. The molecule has 1 aromatic carbocycles. The first-order valence-electron chi connectivity index (χ1n) is 8.25. The van der Waals surface area contributed by atoms with Crippen LogP contribution in [0.25, 0.3) is 0 Å². The summed E-state index contributed by atoms with van der Waals surface area (Å²) >= 11 is 0. The fourth-order valence-electron chi connectivity index (χ4n) is 3.27. The van der Waals surface area contributed by atoms with Gasteiger partial charge in [-0.2, -0.15) is 0 Å². The highest BCUT2D eigenvalue weighted by atomic mass is 16.1. The van der Waals surface area contributed by atoms with Gasteiger partial charge in [0, 0.05) is 62.4 Å². The Hall–Kier alpha value is -2.07. The molecule has 0 N–H and O–H groups in total. The van der Waals surface area contributed by atoms with Crippen molar-refractivity contribution < 1.29 is 4.79 Å². The van der Waals surface area contributed by atoms with Gasteiger partial charge >= 0.3 is 0 Å². The van der Waals surface area contributed by atoms with Crippen LogP contribution in [-0.2, 0) is 13.6 Å². The van der Waals surface area contributed by atoms with Gasteiger partial charge in [-0.25, -0.2) is 0 Å². The Morgan fingerprint density at radius 2 is 1.96 bits per heavy atom. The number of rotatable bonds is 4. The highest BCUT2D eigenvalue weighted by molar-refractivity contribution is 5.94. The number of piperazine rings is 1.